The maximum Gasteiger partial charge on any atom is 0.258 e. The van der Waals surface area contributed by atoms with Gasteiger partial charge in [0.15, 0.2) is 6.61 Å². The largest absolute Gasteiger partial charge is 0.497 e. The third kappa shape index (κ3) is 3.88. The van der Waals surface area contributed by atoms with Crippen LogP contribution in [0.4, 0.5) is 0 Å². The molecule has 1 aliphatic rings. The summed E-state index contributed by atoms with van der Waals surface area (Å²) in [4.78, 5) is 12.9. The maximum atomic E-state index is 12.0. The van der Waals surface area contributed by atoms with E-state index in [0.29, 0.717) is 5.75 Å². The van der Waals surface area contributed by atoms with Crippen molar-refractivity contribution < 1.29 is 19.4 Å². The highest BCUT2D eigenvalue weighted by atomic mass is 32.1. The number of benzene rings is 1. The van der Waals surface area contributed by atoms with Gasteiger partial charge in [0.25, 0.3) is 5.91 Å². The minimum atomic E-state index is -0.968. The van der Waals surface area contributed by atoms with E-state index in [-0.39, 0.29) is 25.0 Å². The SMILES string of the molecule is COc1ccc(OCC(=O)NCC(O)(c2cccs2)C2CC2)cc1. The molecule has 1 aromatic carbocycles. The van der Waals surface area contributed by atoms with Crippen molar-refractivity contribution in [3.8, 4) is 11.5 Å². The van der Waals surface area contributed by atoms with Crippen molar-refractivity contribution in [1.29, 1.82) is 0 Å². The molecular formula is C18H21NO4S. The monoisotopic (exact) mass is 347 g/mol. The molecule has 5 nitrogen and oxygen atoms in total. The highest BCUT2D eigenvalue weighted by Gasteiger charge is 2.45. The van der Waals surface area contributed by atoms with E-state index in [1.54, 1.807) is 31.4 Å². The fraction of sp³-hybridized carbons (Fsp3) is 0.389. The van der Waals surface area contributed by atoms with E-state index in [2.05, 4.69) is 5.32 Å². The van der Waals surface area contributed by atoms with Gasteiger partial charge in [0.2, 0.25) is 0 Å². The number of methoxy groups -OCH3 is 1. The van der Waals surface area contributed by atoms with Crippen molar-refractivity contribution in [2.45, 2.75) is 18.4 Å². The van der Waals surface area contributed by atoms with Crippen LogP contribution in [0.3, 0.4) is 0 Å². The molecule has 3 rings (SSSR count). The molecule has 2 N–H and O–H groups in total. The lowest BCUT2D eigenvalue weighted by Crippen LogP contribution is -2.43. The molecule has 1 aromatic heterocycles. The van der Waals surface area contributed by atoms with Crippen molar-refractivity contribution in [1.82, 2.24) is 5.32 Å². The summed E-state index contributed by atoms with van der Waals surface area (Å²) in [7, 11) is 1.60. The molecule has 0 radical (unpaired) electrons. The molecule has 2 aromatic rings. The van der Waals surface area contributed by atoms with Gasteiger partial charge in [-0.2, -0.15) is 0 Å². The quantitative estimate of drug-likeness (QED) is 0.770. The van der Waals surface area contributed by atoms with E-state index in [4.69, 9.17) is 9.47 Å². The van der Waals surface area contributed by atoms with Crippen LogP contribution in [0.5, 0.6) is 11.5 Å². The number of amides is 1. The third-order valence-corrected chi connectivity index (χ3v) is 5.22. The van der Waals surface area contributed by atoms with Crippen molar-refractivity contribution in [3.63, 3.8) is 0 Å². The van der Waals surface area contributed by atoms with Gasteiger partial charge in [0.1, 0.15) is 17.1 Å². The van der Waals surface area contributed by atoms with Gasteiger partial charge in [0.05, 0.1) is 13.7 Å². The number of aliphatic hydroxyl groups is 1. The fourth-order valence-corrected chi connectivity index (χ4v) is 3.53. The van der Waals surface area contributed by atoms with Crippen LogP contribution in [0, 0.1) is 5.92 Å². The predicted molar refractivity (Wildman–Crippen MR) is 92.4 cm³/mol. The Morgan fingerprint density at radius 1 is 1.29 bits per heavy atom. The molecule has 1 heterocycles. The van der Waals surface area contributed by atoms with Gasteiger partial charge >= 0.3 is 0 Å². The lowest BCUT2D eigenvalue weighted by atomic mass is 9.95. The molecular weight excluding hydrogens is 326 g/mol. The van der Waals surface area contributed by atoms with Crippen molar-refractivity contribution in [3.05, 3.63) is 46.7 Å². The van der Waals surface area contributed by atoms with Crippen LogP contribution in [0.1, 0.15) is 17.7 Å². The molecule has 128 valence electrons. The number of nitrogens with one attached hydrogen (secondary N) is 1. The molecule has 0 bridgehead atoms. The number of carbonyl (C=O) groups excluding carboxylic acids is 1. The first-order valence-electron chi connectivity index (χ1n) is 7.92. The Bertz CT molecular complexity index is 667. The Hall–Kier alpha value is -2.05. The van der Waals surface area contributed by atoms with Gasteiger partial charge in [0, 0.05) is 4.88 Å². The van der Waals surface area contributed by atoms with Gasteiger partial charge < -0.3 is 19.9 Å². The van der Waals surface area contributed by atoms with E-state index in [1.807, 2.05) is 17.5 Å². The second-order valence-electron chi connectivity index (χ2n) is 5.92. The predicted octanol–water partition coefficient (Wildman–Crippen LogP) is 2.55. The summed E-state index contributed by atoms with van der Waals surface area (Å²) in [5.41, 5.74) is -0.968. The zero-order valence-corrected chi connectivity index (χ0v) is 14.3. The van der Waals surface area contributed by atoms with Gasteiger partial charge in [-0.25, -0.2) is 0 Å². The van der Waals surface area contributed by atoms with Crippen molar-refractivity contribution in [2.75, 3.05) is 20.3 Å². The lowest BCUT2D eigenvalue weighted by Gasteiger charge is -2.27. The fourth-order valence-electron chi connectivity index (χ4n) is 2.62. The Balaban J connectivity index is 1.51. The highest BCUT2D eigenvalue weighted by molar-refractivity contribution is 7.10. The molecule has 1 aliphatic carbocycles. The van der Waals surface area contributed by atoms with E-state index >= 15 is 0 Å². The smallest absolute Gasteiger partial charge is 0.258 e. The van der Waals surface area contributed by atoms with Crippen LogP contribution in [-0.4, -0.2) is 31.3 Å². The second kappa shape index (κ2) is 7.23. The Morgan fingerprint density at radius 2 is 2.00 bits per heavy atom. The second-order valence-corrected chi connectivity index (χ2v) is 6.86. The minimum Gasteiger partial charge on any atom is -0.497 e. The summed E-state index contributed by atoms with van der Waals surface area (Å²) < 4.78 is 10.5. The van der Waals surface area contributed by atoms with E-state index < -0.39 is 5.60 Å². The normalized spacial score (nSPS) is 16.2. The summed E-state index contributed by atoms with van der Waals surface area (Å²) in [6, 6.07) is 10.9. The molecule has 0 saturated heterocycles. The summed E-state index contributed by atoms with van der Waals surface area (Å²) >= 11 is 1.52. The van der Waals surface area contributed by atoms with Crippen LogP contribution in [0.25, 0.3) is 0 Å². The summed E-state index contributed by atoms with van der Waals surface area (Å²) in [6.07, 6.45) is 1.99. The van der Waals surface area contributed by atoms with Crippen LogP contribution < -0.4 is 14.8 Å². The first-order chi connectivity index (χ1) is 11.6. The molecule has 1 amide bonds. The van der Waals surface area contributed by atoms with E-state index in [0.717, 1.165) is 23.5 Å². The Kier molecular flexibility index (Phi) is 5.06. The Labute approximate surface area is 145 Å². The van der Waals surface area contributed by atoms with Crippen LogP contribution >= 0.6 is 11.3 Å². The van der Waals surface area contributed by atoms with Crippen LogP contribution in [0.2, 0.25) is 0 Å². The van der Waals surface area contributed by atoms with Crippen molar-refractivity contribution in [2.24, 2.45) is 5.92 Å². The zero-order chi connectivity index (χ0) is 17.0. The standard InChI is InChI=1S/C18H21NO4S/c1-22-14-6-8-15(9-7-14)23-11-17(20)19-12-18(21,13-4-5-13)16-3-2-10-24-16/h2-3,6-10,13,21H,4-5,11-12H2,1H3,(H,19,20). The molecule has 1 fully saturated rings. The number of rotatable bonds is 8. The number of carbonyl (C=O) groups is 1. The minimum absolute atomic E-state index is 0.0858. The Morgan fingerprint density at radius 3 is 2.58 bits per heavy atom. The lowest BCUT2D eigenvalue weighted by molar-refractivity contribution is -0.124. The first-order valence-corrected chi connectivity index (χ1v) is 8.79. The zero-order valence-electron chi connectivity index (χ0n) is 13.5. The third-order valence-electron chi connectivity index (χ3n) is 4.19. The van der Waals surface area contributed by atoms with E-state index in [9.17, 15) is 9.90 Å². The average Bonchev–Trinajstić information content (AvgIpc) is 3.33. The van der Waals surface area contributed by atoms with Gasteiger partial charge in [-0.05, 0) is 54.5 Å². The first kappa shape index (κ1) is 16.8. The molecule has 6 heteroatoms. The summed E-state index contributed by atoms with van der Waals surface area (Å²) in [6.45, 7) is 0.125. The van der Waals surface area contributed by atoms with Crippen LogP contribution in [0.15, 0.2) is 41.8 Å². The molecule has 1 saturated carbocycles. The number of thiophene rings is 1. The summed E-state index contributed by atoms with van der Waals surface area (Å²) in [5.74, 6) is 1.30. The van der Waals surface area contributed by atoms with Gasteiger partial charge in [-0.3, -0.25) is 4.79 Å². The topological polar surface area (TPSA) is 67.8 Å². The van der Waals surface area contributed by atoms with Crippen LogP contribution in [-0.2, 0) is 10.4 Å². The molecule has 0 aliphatic heterocycles. The number of hydrogen-bond donors (Lipinski definition) is 2. The highest BCUT2D eigenvalue weighted by Crippen LogP contribution is 2.46. The van der Waals surface area contributed by atoms with E-state index in [1.165, 1.54) is 11.3 Å². The molecule has 0 spiro atoms. The maximum absolute atomic E-state index is 12.0. The number of hydrogen-bond acceptors (Lipinski definition) is 5. The number of ether oxygens (including phenoxy) is 2. The molecule has 1 atom stereocenters. The van der Waals surface area contributed by atoms with Crippen molar-refractivity contribution >= 4 is 17.2 Å². The average molecular weight is 347 g/mol. The molecule has 24 heavy (non-hydrogen) atoms. The summed E-state index contributed by atoms with van der Waals surface area (Å²) in [5, 5.41) is 15.7. The van der Waals surface area contributed by atoms with Gasteiger partial charge in [-0.15, -0.1) is 11.3 Å². The van der Waals surface area contributed by atoms with Gasteiger partial charge in [-0.1, -0.05) is 6.07 Å². The molecule has 1 unspecified atom stereocenters.